The fraction of sp³-hybridized carbons (Fsp3) is 0.250. The Morgan fingerprint density at radius 3 is 2.68 bits per heavy atom. The van der Waals surface area contributed by atoms with E-state index in [2.05, 4.69) is 27.6 Å². The van der Waals surface area contributed by atoms with Crippen molar-refractivity contribution in [2.75, 3.05) is 5.75 Å². The van der Waals surface area contributed by atoms with E-state index in [1.807, 2.05) is 23.6 Å². The van der Waals surface area contributed by atoms with Gasteiger partial charge < -0.3 is 0 Å². The number of hydrazine groups is 1. The van der Waals surface area contributed by atoms with Crippen molar-refractivity contribution >= 4 is 34.9 Å². The predicted octanol–water partition coefficient (Wildman–Crippen LogP) is 3.37. The van der Waals surface area contributed by atoms with E-state index in [9.17, 15) is 9.59 Å². The van der Waals surface area contributed by atoms with Crippen LogP contribution in [0.3, 0.4) is 0 Å². The summed E-state index contributed by atoms with van der Waals surface area (Å²) in [6.07, 6.45) is 4.29. The van der Waals surface area contributed by atoms with Crippen LogP contribution in [-0.4, -0.2) is 27.1 Å². The van der Waals surface area contributed by atoms with Crippen LogP contribution in [0, 0.1) is 0 Å². The maximum absolute atomic E-state index is 12.2. The highest BCUT2D eigenvalue weighted by molar-refractivity contribution is 7.99. The quantitative estimate of drug-likeness (QED) is 0.498. The summed E-state index contributed by atoms with van der Waals surface area (Å²) in [6, 6.07) is 13.6. The van der Waals surface area contributed by atoms with Crippen molar-refractivity contribution in [3.8, 4) is 5.69 Å². The topological polar surface area (TPSA) is 76.0 Å². The molecule has 0 saturated carbocycles. The molecule has 28 heavy (non-hydrogen) atoms. The maximum atomic E-state index is 12.2. The SMILES string of the molecule is O=C(CSc1nc2c(n1-c1ccccc1)CCCC2)NNC(=O)c1cccs1. The van der Waals surface area contributed by atoms with E-state index < -0.39 is 0 Å². The molecule has 0 atom stereocenters. The van der Waals surface area contributed by atoms with Crippen LogP contribution in [0.1, 0.15) is 33.9 Å². The van der Waals surface area contributed by atoms with Crippen molar-refractivity contribution in [1.29, 1.82) is 0 Å². The second-order valence-electron chi connectivity index (χ2n) is 6.43. The van der Waals surface area contributed by atoms with Crippen molar-refractivity contribution in [3.05, 3.63) is 64.1 Å². The summed E-state index contributed by atoms with van der Waals surface area (Å²) >= 11 is 2.71. The van der Waals surface area contributed by atoms with Crippen LogP contribution in [0.4, 0.5) is 0 Å². The number of nitrogens with one attached hydrogen (secondary N) is 2. The lowest BCUT2D eigenvalue weighted by Crippen LogP contribution is -2.42. The number of carbonyl (C=O) groups is 2. The van der Waals surface area contributed by atoms with Crippen molar-refractivity contribution in [3.63, 3.8) is 0 Å². The number of carbonyl (C=O) groups excluding carboxylic acids is 2. The molecule has 0 fully saturated rings. The lowest BCUT2D eigenvalue weighted by Gasteiger charge is -2.15. The summed E-state index contributed by atoms with van der Waals surface area (Å²) < 4.78 is 2.16. The van der Waals surface area contributed by atoms with Crippen LogP contribution in [-0.2, 0) is 17.6 Å². The van der Waals surface area contributed by atoms with Gasteiger partial charge in [-0.05, 0) is 49.3 Å². The molecule has 1 aliphatic rings. The molecule has 2 N–H and O–H groups in total. The largest absolute Gasteiger partial charge is 0.292 e. The third-order valence-corrected chi connectivity index (χ3v) is 6.32. The van der Waals surface area contributed by atoms with Gasteiger partial charge in [0.1, 0.15) is 0 Å². The first-order valence-electron chi connectivity index (χ1n) is 9.14. The van der Waals surface area contributed by atoms with Gasteiger partial charge in [-0.15, -0.1) is 11.3 Å². The fourth-order valence-electron chi connectivity index (χ4n) is 3.22. The molecule has 6 nitrogen and oxygen atoms in total. The van der Waals surface area contributed by atoms with E-state index in [0.717, 1.165) is 42.2 Å². The first-order valence-corrected chi connectivity index (χ1v) is 11.0. The molecule has 0 spiro atoms. The Morgan fingerprint density at radius 2 is 1.89 bits per heavy atom. The zero-order valence-electron chi connectivity index (χ0n) is 15.2. The van der Waals surface area contributed by atoms with Crippen molar-refractivity contribution in [1.82, 2.24) is 20.4 Å². The van der Waals surface area contributed by atoms with E-state index in [-0.39, 0.29) is 17.6 Å². The number of rotatable bonds is 5. The van der Waals surface area contributed by atoms with Gasteiger partial charge in [0.25, 0.3) is 5.91 Å². The summed E-state index contributed by atoms with van der Waals surface area (Å²) in [6.45, 7) is 0. The zero-order chi connectivity index (χ0) is 19.3. The molecule has 4 rings (SSSR count). The molecule has 8 heteroatoms. The molecule has 0 unspecified atom stereocenters. The number of thioether (sulfide) groups is 1. The molecule has 1 aromatic carbocycles. The van der Waals surface area contributed by atoms with Crippen LogP contribution in [0.5, 0.6) is 0 Å². The Kier molecular flexibility index (Phi) is 5.78. The molecule has 144 valence electrons. The number of hydrogen-bond donors (Lipinski definition) is 2. The highest BCUT2D eigenvalue weighted by atomic mass is 32.2. The predicted molar refractivity (Wildman–Crippen MR) is 111 cm³/mol. The van der Waals surface area contributed by atoms with E-state index in [0.29, 0.717) is 4.88 Å². The monoisotopic (exact) mass is 412 g/mol. The Labute approximate surface area is 171 Å². The number of para-hydroxylation sites is 1. The Hall–Kier alpha value is -2.58. The number of nitrogens with zero attached hydrogens (tertiary/aromatic N) is 2. The van der Waals surface area contributed by atoms with E-state index in [4.69, 9.17) is 4.98 Å². The Morgan fingerprint density at radius 1 is 1.07 bits per heavy atom. The molecule has 2 heterocycles. The van der Waals surface area contributed by atoms with Crippen molar-refractivity contribution < 1.29 is 9.59 Å². The second-order valence-corrected chi connectivity index (χ2v) is 8.32. The molecule has 0 aliphatic heterocycles. The lowest BCUT2D eigenvalue weighted by molar-refractivity contribution is -0.119. The minimum absolute atomic E-state index is 0.174. The third kappa shape index (κ3) is 4.13. The minimum atomic E-state index is -0.311. The fourth-order valence-corrected chi connectivity index (χ4v) is 4.69. The summed E-state index contributed by atoms with van der Waals surface area (Å²) in [7, 11) is 0. The van der Waals surface area contributed by atoms with Gasteiger partial charge in [-0.25, -0.2) is 4.98 Å². The van der Waals surface area contributed by atoms with Crippen LogP contribution < -0.4 is 10.9 Å². The molecule has 2 amide bonds. The number of benzene rings is 1. The Balaban J connectivity index is 1.44. The van der Waals surface area contributed by atoms with Gasteiger partial charge in [0.15, 0.2) is 5.16 Å². The first kappa shape index (κ1) is 18.8. The number of fused-ring (bicyclic) bond motifs is 1. The van der Waals surface area contributed by atoms with Gasteiger partial charge in [-0.2, -0.15) is 0 Å². The number of aromatic nitrogens is 2. The molecular weight excluding hydrogens is 392 g/mol. The van der Waals surface area contributed by atoms with Crippen LogP contribution >= 0.6 is 23.1 Å². The second kappa shape index (κ2) is 8.62. The molecule has 3 aromatic rings. The standard InChI is InChI=1S/C20H20N4O2S2/c25-18(22-23-19(26)17-11-6-12-27-17)13-28-20-21-15-9-4-5-10-16(15)24(20)14-7-2-1-3-8-14/h1-3,6-8,11-12H,4-5,9-10,13H2,(H,22,25)(H,23,26). The van der Waals surface area contributed by atoms with Crippen molar-refractivity contribution in [2.45, 2.75) is 30.8 Å². The molecule has 2 aromatic heterocycles. The normalized spacial score (nSPS) is 13.0. The number of aryl methyl sites for hydroxylation is 1. The average molecular weight is 413 g/mol. The zero-order valence-corrected chi connectivity index (χ0v) is 16.8. The summed E-state index contributed by atoms with van der Waals surface area (Å²) in [5.74, 6) is -0.405. The van der Waals surface area contributed by atoms with Crippen LogP contribution in [0.15, 0.2) is 53.0 Å². The molecular formula is C20H20N4O2S2. The van der Waals surface area contributed by atoms with E-state index in [1.54, 1.807) is 12.1 Å². The number of imidazole rings is 1. The van der Waals surface area contributed by atoms with Gasteiger partial charge in [-0.1, -0.05) is 36.0 Å². The number of amides is 2. The molecule has 0 radical (unpaired) electrons. The summed E-state index contributed by atoms with van der Waals surface area (Å²) in [4.78, 5) is 29.5. The number of hydrogen-bond acceptors (Lipinski definition) is 5. The van der Waals surface area contributed by atoms with Gasteiger partial charge in [0.05, 0.1) is 16.3 Å². The number of thiophene rings is 1. The summed E-state index contributed by atoms with van der Waals surface area (Å²) in [5, 5.41) is 2.63. The minimum Gasteiger partial charge on any atom is -0.292 e. The van der Waals surface area contributed by atoms with Gasteiger partial charge >= 0.3 is 0 Å². The average Bonchev–Trinajstić information content (AvgIpc) is 3.39. The van der Waals surface area contributed by atoms with Gasteiger partial charge in [-0.3, -0.25) is 25.0 Å². The first-order chi connectivity index (χ1) is 13.7. The maximum Gasteiger partial charge on any atom is 0.279 e. The van der Waals surface area contributed by atoms with Crippen molar-refractivity contribution in [2.24, 2.45) is 0 Å². The van der Waals surface area contributed by atoms with Gasteiger partial charge in [0, 0.05) is 11.4 Å². The third-order valence-electron chi connectivity index (χ3n) is 4.51. The molecule has 1 aliphatic carbocycles. The highest BCUT2D eigenvalue weighted by Gasteiger charge is 2.22. The van der Waals surface area contributed by atoms with Crippen LogP contribution in [0.2, 0.25) is 0 Å². The smallest absolute Gasteiger partial charge is 0.279 e. The molecule has 0 saturated heterocycles. The molecule has 0 bridgehead atoms. The van der Waals surface area contributed by atoms with Crippen LogP contribution in [0.25, 0.3) is 5.69 Å². The van der Waals surface area contributed by atoms with E-state index >= 15 is 0 Å². The Bertz CT molecular complexity index is 968. The highest BCUT2D eigenvalue weighted by Crippen LogP contribution is 2.30. The summed E-state index contributed by atoms with van der Waals surface area (Å²) in [5.41, 5.74) is 8.35. The lowest BCUT2D eigenvalue weighted by atomic mass is 10.0. The van der Waals surface area contributed by atoms with E-state index in [1.165, 1.54) is 28.8 Å². The van der Waals surface area contributed by atoms with Gasteiger partial charge in [0.2, 0.25) is 5.91 Å².